The molecule has 0 fully saturated rings. The lowest BCUT2D eigenvalue weighted by Gasteiger charge is -2.27. The molecule has 0 unspecified atom stereocenters. The monoisotopic (exact) mass is 219 g/mol. The largest absolute Gasteiger partial charge is 0.353 e. The molecule has 0 aliphatic heterocycles. The summed E-state index contributed by atoms with van der Waals surface area (Å²) in [5.41, 5.74) is 8.37. The van der Waals surface area contributed by atoms with E-state index in [2.05, 4.69) is 30.9 Å². The molecule has 0 aromatic carbocycles. The Hall–Kier alpha value is -1.09. The molecule has 0 radical (unpaired) electrons. The summed E-state index contributed by atoms with van der Waals surface area (Å²) in [6, 6.07) is 4.83. The number of anilines is 1. The minimum Gasteiger partial charge on any atom is -0.353 e. The van der Waals surface area contributed by atoms with E-state index in [0.29, 0.717) is 12.6 Å². The highest BCUT2D eigenvalue weighted by molar-refractivity contribution is 5.43. The van der Waals surface area contributed by atoms with E-state index in [-0.39, 0.29) is 0 Å². The molecule has 1 aromatic rings. The van der Waals surface area contributed by atoms with E-state index in [4.69, 9.17) is 10.7 Å². The second kappa shape index (κ2) is 4.83. The first-order chi connectivity index (χ1) is 7.72. The lowest BCUT2D eigenvalue weighted by Crippen LogP contribution is -2.36. The molecule has 1 aliphatic rings. The molecule has 2 N–H and O–H groups in total. The van der Waals surface area contributed by atoms with E-state index in [1.165, 1.54) is 24.1 Å². The molecule has 1 aliphatic carbocycles. The van der Waals surface area contributed by atoms with Crippen LogP contribution in [0.5, 0.6) is 0 Å². The molecule has 16 heavy (non-hydrogen) atoms. The molecule has 0 atom stereocenters. The van der Waals surface area contributed by atoms with Crippen LogP contribution in [0, 0.1) is 0 Å². The van der Waals surface area contributed by atoms with Gasteiger partial charge in [-0.2, -0.15) is 0 Å². The van der Waals surface area contributed by atoms with Crippen molar-refractivity contribution in [3.8, 4) is 0 Å². The number of hydrogen-bond acceptors (Lipinski definition) is 3. The first-order valence-electron chi connectivity index (χ1n) is 6.18. The van der Waals surface area contributed by atoms with Gasteiger partial charge in [0, 0.05) is 24.8 Å². The minimum absolute atomic E-state index is 0.454. The zero-order valence-corrected chi connectivity index (χ0v) is 10.2. The molecule has 88 valence electrons. The molecule has 2 rings (SSSR count). The first-order valence-corrected chi connectivity index (χ1v) is 6.18. The summed E-state index contributed by atoms with van der Waals surface area (Å²) in [5.74, 6) is 1.08. The van der Waals surface area contributed by atoms with Crippen LogP contribution in [0.3, 0.4) is 0 Å². The van der Waals surface area contributed by atoms with E-state index in [1.807, 2.05) is 0 Å². The van der Waals surface area contributed by atoms with E-state index >= 15 is 0 Å². The summed E-state index contributed by atoms with van der Waals surface area (Å²) in [6.45, 7) is 5.93. The van der Waals surface area contributed by atoms with Crippen molar-refractivity contribution in [2.75, 3.05) is 18.0 Å². The van der Waals surface area contributed by atoms with Crippen molar-refractivity contribution in [1.29, 1.82) is 0 Å². The van der Waals surface area contributed by atoms with Crippen LogP contribution >= 0.6 is 0 Å². The van der Waals surface area contributed by atoms with Gasteiger partial charge in [0.2, 0.25) is 0 Å². The normalized spacial score (nSPS) is 14.2. The highest BCUT2D eigenvalue weighted by atomic mass is 15.2. The Labute approximate surface area is 97.7 Å². The topological polar surface area (TPSA) is 42.1 Å². The van der Waals surface area contributed by atoms with Crippen molar-refractivity contribution in [2.45, 2.75) is 39.2 Å². The molecule has 1 heterocycles. The molecule has 0 amide bonds. The maximum absolute atomic E-state index is 5.65. The Bertz CT molecular complexity index is 360. The quantitative estimate of drug-likeness (QED) is 0.838. The number of nitrogens with zero attached hydrogens (tertiary/aromatic N) is 2. The van der Waals surface area contributed by atoms with Crippen LogP contribution in [0.15, 0.2) is 12.1 Å². The average molecular weight is 219 g/mol. The van der Waals surface area contributed by atoms with Crippen LogP contribution in [0.4, 0.5) is 5.82 Å². The second-order valence-electron chi connectivity index (χ2n) is 4.70. The summed E-state index contributed by atoms with van der Waals surface area (Å²) >= 11 is 0. The predicted molar refractivity (Wildman–Crippen MR) is 67.8 cm³/mol. The third-order valence-corrected chi connectivity index (χ3v) is 3.20. The fraction of sp³-hybridized carbons (Fsp3) is 0.615. The summed E-state index contributed by atoms with van der Waals surface area (Å²) < 4.78 is 0. The lowest BCUT2D eigenvalue weighted by molar-refractivity contribution is 0.673. The summed E-state index contributed by atoms with van der Waals surface area (Å²) in [4.78, 5) is 7.04. The molecule has 0 bridgehead atoms. The highest BCUT2D eigenvalue weighted by Crippen LogP contribution is 2.23. The average Bonchev–Trinajstić information content (AvgIpc) is 2.72. The van der Waals surface area contributed by atoms with Gasteiger partial charge in [-0.05, 0) is 44.7 Å². The van der Waals surface area contributed by atoms with Crippen molar-refractivity contribution < 1.29 is 0 Å². The zero-order valence-electron chi connectivity index (χ0n) is 10.2. The van der Waals surface area contributed by atoms with Crippen LogP contribution in [-0.4, -0.2) is 24.1 Å². The van der Waals surface area contributed by atoms with E-state index in [9.17, 15) is 0 Å². The van der Waals surface area contributed by atoms with Crippen LogP contribution in [-0.2, 0) is 12.8 Å². The molecule has 0 saturated carbocycles. The number of aryl methyl sites for hydroxylation is 2. The Morgan fingerprint density at radius 3 is 2.88 bits per heavy atom. The predicted octanol–water partition coefficient (Wildman–Crippen LogP) is 1.74. The zero-order chi connectivity index (χ0) is 11.5. The number of aromatic nitrogens is 1. The maximum Gasteiger partial charge on any atom is 0.129 e. The molecular weight excluding hydrogens is 198 g/mol. The third kappa shape index (κ3) is 2.19. The minimum atomic E-state index is 0.454. The number of nitrogens with two attached hydrogens (primary N) is 1. The van der Waals surface area contributed by atoms with Gasteiger partial charge in [0.05, 0.1) is 0 Å². The molecule has 0 saturated heterocycles. The van der Waals surface area contributed by atoms with Crippen molar-refractivity contribution in [2.24, 2.45) is 5.73 Å². The van der Waals surface area contributed by atoms with Gasteiger partial charge < -0.3 is 10.6 Å². The van der Waals surface area contributed by atoms with Crippen molar-refractivity contribution in [1.82, 2.24) is 4.98 Å². The molecular formula is C13H21N3. The molecule has 3 heteroatoms. The van der Waals surface area contributed by atoms with Crippen molar-refractivity contribution >= 4 is 5.82 Å². The Morgan fingerprint density at radius 1 is 1.38 bits per heavy atom. The van der Waals surface area contributed by atoms with Gasteiger partial charge in [-0.1, -0.05) is 6.07 Å². The van der Waals surface area contributed by atoms with Gasteiger partial charge in [-0.25, -0.2) is 4.98 Å². The fourth-order valence-corrected chi connectivity index (χ4v) is 2.35. The van der Waals surface area contributed by atoms with E-state index in [1.54, 1.807) is 0 Å². The molecule has 3 nitrogen and oxygen atoms in total. The Morgan fingerprint density at radius 2 is 2.19 bits per heavy atom. The second-order valence-corrected chi connectivity index (χ2v) is 4.70. The van der Waals surface area contributed by atoms with Crippen LogP contribution in [0.2, 0.25) is 0 Å². The summed E-state index contributed by atoms with van der Waals surface area (Å²) in [5, 5.41) is 0. The Balaban J connectivity index is 2.24. The highest BCUT2D eigenvalue weighted by Gasteiger charge is 2.16. The van der Waals surface area contributed by atoms with Gasteiger partial charge in [0.25, 0.3) is 0 Å². The van der Waals surface area contributed by atoms with Gasteiger partial charge in [-0.15, -0.1) is 0 Å². The van der Waals surface area contributed by atoms with Gasteiger partial charge >= 0.3 is 0 Å². The summed E-state index contributed by atoms with van der Waals surface area (Å²) in [7, 11) is 0. The van der Waals surface area contributed by atoms with E-state index in [0.717, 1.165) is 18.8 Å². The molecule has 0 spiro atoms. The van der Waals surface area contributed by atoms with Gasteiger partial charge in [-0.3, -0.25) is 0 Å². The Kier molecular flexibility index (Phi) is 3.44. The van der Waals surface area contributed by atoms with Gasteiger partial charge in [0.15, 0.2) is 0 Å². The SMILES string of the molecule is CC(C)N(CCN)c1ccc2c(n1)CCC2. The van der Waals surface area contributed by atoms with E-state index < -0.39 is 0 Å². The molecule has 1 aromatic heterocycles. The van der Waals surface area contributed by atoms with Crippen LogP contribution < -0.4 is 10.6 Å². The number of hydrogen-bond donors (Lipinski definition) is 1. The number of rotatable bonds is 4. The maximum atomic E-state index is 5.65. The van der Waals surface area contributed by atoms with Gasteiger partial charge in [0.1, 0.15) is 5.82 Å². The lowest BCUT2D eigenvalue weighted by atomic mass is 10.2. The van der Waals surface area contributed by atoms with Crippen LogP contribution in [0.1, 0.15) is 31.5 Å². The standard InChI is InChI=1S/C13H21N3/c1-10(2)16(9-8-14)13-7-6-11-4-3-5-12(11)15-13/h6-7,10H,3-5,8-9,14H2,1-2H3. The fourth-order valence-electron chi connectivity index (χ4n) is 2.35. The number of pyridine rings is 1. The first kappa shape index (κ1) is 11.4. The van der Waals surface area contributed by atoms with Crippen molar-refractivity contribution in [3.63, 3.8) is 0 Å². The van der Waals surface area contributed by atoms with Crippen LogP contribution in [0.25, 0.3) is 0 Å². The summed E-state index contributed by atoms with van der Waals surface area (Å²) in [6.07, 6.45) is 3.59. The number of fused-ring (bicyclic) bond motifs is 1. The smallest absolute Gasteiger partial charge is 0.129 e. The third-order valence-electron chi connectivity index (χ3n) is 3.20. The van der Waals surface area contributed by atoms with Crippen molar-refractivity contribution in [3.05, 3.63) is 23.4 Å².